The van der Waals surface area contributed by atoms with Crippen LogP contribution in [0.1, 0.15) is 5.69 Å². The molecule has 0 aliphatic heterocycles. The van der Waals surface area contributed by atoms with Crippen LogP contribution in [0, 0.1) is 0 Å². The molecule has 0 fully saturated rings. The number of nitrogens with zero attached hydrogens (tertiary/aromatic N) is 1. The fraction of sp³-hybridized carbons (Fsp3) is 0.429. The minimum atomic E-state index is -0.0606. The quantitative estimate of drug-likeness (QED) is 0.683. The Morgan fingerprint density at radius 2 is 2.33 bits per heavy atom. The second kappa shape index (κ2) is 8.56. The molecule has 7 heteroatoms. The molecule has 2 aromatic rings. The van der Waals surface area contributed by atoms with E-state index >= 15 is 0 Å². The monoisotopic (exact) mass is 309 g/mol. The topological polar surface area (TPSA) is 76.4 Å². The second-order valence-corrected chi connectivity index (χ2v) is 5.34. The third-order valence-corrected chi connectivity index (χ3v) is 3.59. The van der Waals surface area contributed by atoms with Gasteiger partial charge in [0.2, 0.25) is 11.8 Å². The van der Waals surface area contributed by atoms with E-state index in [4.69, 9.17) is 9.15 Å². The Kier molecular flexibility index (Phi) is 6.39. The van der Waals surface area contributed by atoms with Crippen LogP contribution in [-0.2, 0) is 16.0 Å². The van der Waals surface area contributed by atoms with E-state index in [1.54, 1.807) is 18.4 Å². The van der Waals surface area contributed by atoms with Gasteiger partial charge in [0.1, 0.15) is 6.26 Å². The maximum Gasteiger partial charge on any atom is 0.236 e. The lowest BCUT2D eigenvalue weighted by Gasteiger charge is -2.05. The van der Waals surface area contributed by atoms with Crippen molar-refractivity contribution >= 4 is 17.2 Å². The Balaban J connectivity index is 1.68. The van der Waals surface area contributed by atoms with Crippen LogP contribution in [-0.4, -0.2) is 44.2 Å². The Hall–Kier alpha value is -1.70. The van der Waals surface area contributed by atoms with E-state index in [1.165, 1.54) is 6.26 Å². The molecule has 0 saturated carbocycles. The van der Waals surface area contributed by atoms with Gasteiger partial charge in [0.05, 0.1) is 23.6 Å². The predicted octanol–water partition coefficient (Wildman–Crippen LogP) is 1.30. The molecule has 2 N–H and O–H groups in total. The van der Waals surface area contributed by atoms with Gasteiger partial charge in [0, 0.05) is 26.7 Å². The number of carbonyl (C=O) groups is 1. The number of carbonyl (C=O) groups excluding carboxylic acids is 1. The molecule has 2 heterocycles. The first-order valence-corrected chi connectivity index (χ1v) is 7.62. The third-order valence-electron chi connectivity index (χ3n) is 2.73. The lowest BCUT2D eigenvalue weighted by Crippen LogP contribution is -2.33. The zero-order valence-corrected chi connectivity index (χ0v) is 12.7. The van der Waals surface area contributed by atoms with E-state index in [0.29, 0.717) is 31.3 Å². The predicted molar refractivity (Wildman–Crippen MR) is 81.3 cm³/mol. The normalized spacial score (nSPS) is 10.7. The minimum Gasteiger partial charge on any atom is -0.444 e. The van der Waals surface area contributed by atoms with Gasteiger partial charge in [-0.15, -0.1) is 11.3 Å². The third kappa shape index (κ3) is 5.30. The van der Waals surface area contributed by atoms with Crippen LogP contribution < -0.4 is 10.6 Å². The van der Waals surface area contributed by atoms with Gasteiger partial charge in [-0.05, 0) is 11.4 Å². The number of oxazole rings is 1. The van der Waals surface area contributed by atoms with Crippen molar-refractivity contribution in [3.05, 3.63) is 29.5 Å². The SMILES string of the molecule is COCCNCCNC(=O)Cc1coc(-c2cccs2)n1. The number of amides is 1. The fourth-order valence-corrected chi connectivity index (χ4v) is 2.37. The molecule has 0 aliphatic carbocycles. The Morgan fingerprint density at radius 1 is 1.43 bits per heavy atom. The summed E-state index contributed by atoms with van der Waals surface area (Å²) in [4.78, 5) is 17.0. The molecule has 0 aliphatic rings. The van der Waals surface area contributed by atoms with E-state index in [-0.39, 0.29) is 12.3 Å². The number of hydrogen-bond donors (Lipinski definition) is 2. The highest BCUT2D eigenvalue weighted by Gasteiger charge is 2.10. The first-order chi connectivity index (χ1) is 10.3. The highest BCUT2D eigenvalue weighted by molar-refractivity contribution is 7.13. The van der Waals surface area contributed by atoms with E-state index < -0.39 is 0 Å². The van der Waals surface area contributed by atoms with Crippen molar-refractivity contribution < 1.29 is 13.9 Å². The lowest BCUT2D eigenvalue weighted by molar-refractivity contribution is -0.120. The fourth-order valence-electron chi connectivity index (χ4n) is 1.72. The summed E-state index contributed by atoms with van der Waals surface area (Å²) < 4.78 is 10.3. The number of hydrogen-bond acceptors (Lipinski definition) is 6. The maximum atomic E-state index is 11.8. The number of thiophene rings is 1. The van der Waals surface area contributed by atoms with Crippen LogP contribution in [0.2, 0.25) is 0 Å². The molecule has 0 unspecified atom stereocenters. The molecule has 2 rings (SSSR count). The van der Waals surface area contributed by atoms with Gasteiger partial charge in [-0.1, -0.05) is 6.07 Å². The van der Waals surface area contributed by atoms with Crippen molar-refractivity contribution in [2.24, 2.45) is 0 Å². The molecule has 6 nitrogen and oxygen atoms in total. The molecule has 21 heavy (non-hydrogen) atoms. The van der Waals surface area contributed by atoms with Crippen molar-refractivity contribution in [1.82, 2.24) is 15.6 Å². The molecule has 0 bridgehead atoms. The molecular weight excluding hydrogens is 290 g/mol. The smallest absolute Gasteiger partial charge is 0.236 e. The minimum absolute atomic E-state index is 0.0606. The van der Waals surface area contributed by atoms with Crippen LogP contribution in [0.25, 0.3) is 10.8 Å². The van der Waals surface area contributed by atoms with E-state index in [2.05, 4.69) is 15.6 Å². The maximum absolute atomic E-state index is 11.8. The van der Waals surface area contributed by atoms with Crippen molar-refractivity contribution in [2.45, 2.75) is 6.42 Å². The molecule has 0 atom stereocenters. The van der Waals surface area contributed by atoms with E-state index in [0.717, 1.165) is 11.4 Å². The summed E-state index contributed by atoms with van der Waals surface area (Å²) in [5.41, 5.74) is 0.642. The average Bonchev–Trinajstić information content (AvgIpc) is 3.13. The van der Waals surface area contributed by atoms with Gasteiger partial charge in [0.25, 0.3) is 0 Å². The molecule has 0 saturated heterocycles. The Morgan fingerprint density at radius 3 is 3.10 bits per heavy atom. The van der Waals surface area contributed by atoms with Gasteiger partial charge in [0.15, 0.2) is 0 Å². The summed E-state index contributed by atoms with van der Waals surface area (Å²) in [6.07, 6.45) is 1.76. The standard InChI is InChI=1S/C14H19N3O3S/c1-19-7-6-15-4-5-16-13(18)9-11-10-20-14(17-11)12-3-2-8-21-12/h2-3,8,10,15H,4-7,9H2,1H3,(H,16,18). The zero-order valence-electron chi connectivity index (χ0n) is 11.9. The zero-order chi connectivity index (χ0) is 14.9. The van der Waals surface area contributed by atoms with E-state index in [1.807, 2.05) is 17.5 Å². The molecule has 0 radical (unpaired) electrons. The first kappa shape index (κ1) is 15.7. The van der Waals surface area contributed by atoms with Crippen LogP contribution >= 0.6 is 11.3 Å². The van der Waals surface area contributed by atoms with Crippen LogP contribution in [0.5, 0.6) is 0 Å². The molecule has 0 aromatic carbocycles. The molecule has 114 valence electrons. The Labute approximate surface area is 127 Å². The summed E-state index contributed by atoms with van der Waals surface area (Å²) in [5, 5.41) is 7.95. The highest BCUT2D eigenvalue weighted by atomic mass is 32.1. The second-order valence-electron chi connectivity index (χ2n) is 4.39. The van der Waals surface area contributed by atoms with Crippen LogP contribution in [0.3, 0.4) is 0 Å². The van der Waals surface area contributed by atoms with Crippen molar-refractivity contribution in [1.29, 1.82) is 0 Å². The number of aromatic nitrogens is 1. The number of methoxy groups -OCH3 is 1. The van der Waals surface area contributed by atoms with E-state index in [9.17, 15) is 4.79 Å². The summed E-state index contributed by atoms with van der Waals surface area (Å²) in [6.45, 7) is 2.74. The highest BCUT2D eigenvalue weighted by Crippen LogP contribution is 2.23. The molecular formula is C14H19N3O3S. The van der Waals surface area contributed by atoms with Gasteiger partial charge >= 0.3 is 0 Å². The Bertz CT molecular complexity index is 539. The average molecular weight is 309 g/mol. The van der Waals surface area contributed by atoms with Gasteiger partial charge in [-0.25, -0.2) is 4.98 Å². The van der Waals surface area contributed by atoms with Gasteiger partial charge < -0.3 is 19.8 Å². The summed E-state index contributed by atoms with van der Waals surface area (Å²) >= 11 is 1.56. The van der Waals surface area contributed by atoms with Crippen molar-refractivity contribution in [3.63, 3.8) is 0 Å². The lowest BCUT2D eigenvalue weighted by atomic mass is 10.3. The largest absolute Gasteiger partial charge is 0.444 e. The summed E-state index contributed by atoms with van der Waals surface area (Å²) in [5.74, 6) is 0.503. The van der Waals surface area contributed by atoms with Crippen LogP contribution in [0.15, 0.2) is 28.2 Å². The number of ether oxygens (including phenoxy) is 1. The number of nitrogens with one attached hydrogen (secondary N) is 2. The summed E-state index contributed by atoms with van der Waals surface area (Å²) in [7, 11) is 1.66. The molecule has 2 aromatic heterocycles. The van der Waals surface area contributed by atoms with Crippen LogP contribution in [0.4, 0.5) is 0 Å². The van der Waals surface area contributed by atoms with Crippen molar-refractivity contribution in [2.75, 3.05) is 33.4 Å². The first-order valence-electron chi connectivity index (χ1n) is 6.74. The number of rotatable bonds is 9. The van der Waals surface area contributed by atoms with Gasteiger partial charge in [-0.3, -0.25) is 4.79 Å². The molecule has 0 spiro atoms. The van der Waals surface area contributed by atoms with Gasteiger partial charge in [-0.2, -0.15) is 0 Å². The van der Waals surface area contributed by atoms with Crippen molar-refractivity contribution in [3.8, 4) is 10.8 Å². The molecule has 1 amide bonds. The summed E-state index contributed by atoms with van der Waals surface area (Å²) in [6, 6.07) is 3.87.